The molecule has 2 amide bonds. The number of hydrogen-bond acceptors (Lipinski definition) is 5. The third-order valence-electron chi connectivity index (χ3n) is 5.68. The zero-order chi connectivity index (χ0) is 18.9. The molecule has 3 heterocycles. The van der Waals surface area contributed by atoms with E-state index in [2.05, 4.69) is 4.98 Å². The van der Waals surface area contributed by atoms with Gasteiger partial charge in [-0.2, -0.15) is 0 Å². The molecule has 27 heavy (non-hydrogen) atoms. The van der Waals surface area contributed by atoms with E-state index in [9.17, 15) is 14.7 Å². The van der Waals surface area contributed by atoms with Crippen molar-refractivity contribution in [3.05, 3.63) is 42.4 Å². The number of aliphatic hydroxyl groups excluding tert-OH is 1. The summed E-state index contributed by atoms with van der Waals surface area (Å²) >= 11 is 0. The Balaban J connectivity index is 1.47. The van der Waals surface area contributed by atoms with Crippen molar-refractivity contribution in [1.82, 2.24) is 14.8 Å². The maximum absolute atomic E-state index is 12.9. The molecule has 2 saturated heterocycles. The maximum atomic E-state index is 12.9. The summed E-state index contributed by atoms with van der Waals surface area (Å²) < 4.78 is 5.27. The highest BCUT2D eigenvalue weighted by Crippen LogP contribution is 2.40. The van der Waals surface area contributed by atoms with Gasteiger partial charge in [0.25, 0.3) is 5.91 Å². The lowest BCUT2D eigenvalue weighted by molar-refractivity contribution is -0.146. The molecule has 142 valence electrons. The third kappa shape index (κ3) is 3.23. The fourth-order valence-corrected chi connectivity index (χ4v) is 4.23. The summed E-state index contributed by atoms with van der Waals surface area (Å²) in [6, 6.07) is 7.25. The highest BCUT2D eigenvalue weighted by atomic mass is 16.3. The molecule has 0 saturated carbocycles. The van der Waals surface area contributed by atoms with Crippen LogP contribution in [0.5, 0.6) is 0 Å². The van der Waals surface area contributed by atoms with E-state index >= 15 is 0 Å². The van der Waals surface area contributed by atoms with Crippen LogP contribution in [0.25, 0.3) is 11.3 Å². The van der Waals surface area contributed by atoms with E-state index < -0.39 is 5.41 Å². The molecule has 1 aromatic carbocycles. The molecule has 1 N–H and O–H groups in total. The molecule has 0 bridgehead atoms. The number of carbonyl (C=O) groups is 2. The number of aliphatic hydroxyl groups is 1. The number of carbonyl (C=O) groups excluding carboxylic acids is 2. The number of oxazole rings is 1. The first-order valence-corrected chi connectivity index (χ1v) is 9.31. The number of β-amino-alcohol motifs (C(OH)–C–C–N with tert-alkyl or cyclic N) is 1. The van der Waals surface area contributed by atoms with E-state index in [1.165, 1.54) is 6.39 Å². The fraction of sp³-hybridized carbons (Fsp3) is 0.450. The minimum atomic E-state index is -0.483. The minimum absolute atomic E-state index is 0.0258. The molecule has 0 aliphatic carbocycles. The number of nitrogens with zero attached hydrogens (tertiary/aromatic N) is 3. The highest BCUT2D eigenvalue weighted by Gasteiger charge is 2.49. The predicted octanol–water partition coefficient (Wildman–Crippen LogP) is 1.79. The third-order valence-corrected chi connectivity index (χ3v) is 5.68. The van der Waals surface area contributed by atoms with Crippen molar-refractivity contribution in [2.24, 2.45) is 5.41 Å². The molecule has 2 aliphatic heterocycles. The van der Waals surface area contributed by atoms with Crippen LogP contribution in [0.15, 0.2) is 41.3 Å². The summed E-state index contributed by atoms with van der Waals surface area (Å²) in [6.07, 6.45) is 5.42. The lowest BCUT2D eigenvalue weighted by Gasteiger charge is -2.39. The summed E-state index contributed by atoms with van der Waals surface area (Å²) in [4.78, 5) is 33.2. The Kier molecular flexibility index (Phi) is 4.70. The first-order chi connectivity index (χ1) is 13.1. The first-order valence-electron chi connectivity index (χ1n) is 9.31. The van der Waals surface area contributed by atoms with Gasteiger partial charge in [0.15, 0.2) is 12.2 Å². The quantitative estimate of drug-likeness (QED) is 0.888. The van der Waals surface area contributed by atoms with Gasteiger partial charge in [0.2, 0.25) is 5.91 Å². The molecule has 1 unspecified atom stereocenters. The van der Waals surface area contributed by atoms with Crippen LogP contribution >= 0.6 is 0 Å². The molecule has 1 spiro atoms. The Morgan fingerprint density at radius 1 is 1.22 bits per heavy atom. The second-order valence-electron chi connectivity index (χ2n) is 7.32. The van der Waals surface area contributed by atoms with Crippen molar-refractivity contribution in [2.45, 2.75) is 19.3 Å². The molecule has 4 rings (SSSR count). The lowest BCUT2D eigenvalue weighted by Crippen LogP contribution is -2.51. The van der Waals surface area contributed by atoms with Crippen molar-refractivity contribution in [3.8, 4) is 11.3 Å². The predicted molar refractivity (Wildman–Crippen MR) is 97.8 cm³/mol. The van der Waals surface area contributed by atoms with Gasteiger partial charge < -0.3 is 19.3 Å². The van der Waals surface area contributed by atoms with E-state index in [-0.39, 0.29) is 18.4 Å². The molecule has 7 nitrogen and oxygen atoms in total. The molecular weight excluding hydrogens is 346 g/mol. The second kappa shape index (κ2) is 7.15. The highest BCUT2D eigenvalue weighted by molar-refractivity contribution is 5.96. The fourth-order valence-electron chi connectivity index (χ4n) is 4.23. The Hall–Kier alpha value is -2.67. The Labute approximate surface area is 157 Å². The minimum Gasteiger partial charge on any atom is -0.444 e. The summed E-state index contributed by atoms with van der Waals surface area (Å²) in [7, 11) is 0. The van der Waals surface area contributed by atoms with Crippen molar-refractivity contribution < 1.29 is 19.1 Å². The van der Waals surface area contributed by atoms with Crippen LogP contribution in [0.3, 0.4) is 0 Å². The number of piperidine rings is 1. The van der Waals surface area contributed by atoms with Crippen molar-refractivity contribution >= 4 is 11.8 Å². The van der Waals surface area contributed by atoms with Gasteiger partial charge in [-0.05, 0) is 31.4 Å². The average Bonchev–Trinajstić information content (AvgIpc) is 3.37. The average molecular weight is 369 g/mol. The largest absolute Gasteiger partial charge is 0.444 e. The van der Waals surface area contributed by atoms with Crippen molar-refractivity contribution in [1.29, 1.82) is 0 Å². The summed E-state index contributed by atoms with van der Waals surface area (Å²) in [5.41, 5.74) is 0.984. The van der Waals surface area contributed by atoms with Gasteiger partial charge in [0.05, 0.1) is 18.2 Å². The summed E-state index contributed by atoms with van der Waals surface area (Å²) in [6.45, 7) is 2.08. The van der Waals surface area contributed by atoms with Crippen LogP contribution in [0.1, 0.15) is 29.6 Å². The van der Waals surface area contributed by atoms with Gasteiger partial charge in [-0.15, -0.1) is 0 Å². The number of likely N-dealkylation sites (tertiary alicyclic amines) is 2. The monoisotopic (exact) mass is 369 g/mol. The topological polar surface area (TPSA) is 86.9 Å². The second-order valence-corrected chi connectivity index (χ2v) is 7.32. The summed E-state index contributed by atoms with van der Waals surface area (Å²) in [5.74, 6) is 0.688. The molecular formula is C20H23N3O4. The van der Waals surface area contributed by atoms with Gasteiger partial charge in [0, 0.05) is 37.3 Å². The molecule has 1 aromatic heterocycles. The Morgan fingerprint density at radius 3 is 2.74 bits per heavy atom. The van der Waals surface area contributed by atoms with Crippen LogP contribution in [-0.2, 0) is 4.79 Å². The van der Waals surface area contributed by atoms with Crippen LogP contribution in [0.4, 0.5) is 0 Å². The normalized spacial score (nSPS) is 22.6. The van der Waals surface area contributed by atoms with Crippen LogP contribution < -0.4 is 0 Å². The Bertz CT molecular complexity index is 816. The number of benzene rings is 1. The van der Waals surface area contributed by atoms with Crippen molar-refractivity contribution in [3.63, 3.8) is 0 Å². The molecule has 7 heteroatoms. The molecule has 0 radical (unpaired) electrons. The smallest absolute Gasteiger partial charge is 0.253 e. The first kappa shape index (κ1) is 17.7. The SMILES string of the molecule is O=C(c1ccc(-c2cnco2)cc1)N1CCC2(CCCN(CCO)C2=O)C1. The molecule has 2 aromatic rings. The molecule has 2 fully saturated rings. The zero-order valence-corrected chi connectivity index (χ0v) is 15.1. The van der Waals surface area contributed by atoms with Gasteiger partial charge in [-0.1, -0.05) is 12.1 Å². The van der Waals surface area contributed by atoms with E-state index in [4.69, 9.17) is 4.42 Å². The molecule has 1 atom stereocenters. The lowest BCUT2D eigenvalue weighted by atomic mass is 9.78. The van der Waals surface area contributed by atoms with Crippen LogP contribution in [0, 0.1) is 5.41 Å². The van der Waals surface area contributed by atoms with Crippen LogP contribution in [-0.4, -0.2) is 64.5 Å². The number of hydrogen-bond donors (Lipinski definition) is 1. The number of rotatable bonds is 4. The van der Waals surface area contributed by atoms with E-state index in [0.29, 0.717) is 43.9 Å². The number of aromatic nitrogens is 1. The van der Waals surface area contributed by atoms with Crippen LogP contribution in [0.2, 0.25) is 0 Å². The number of amides is 2. The summed E-state index contributed by atoms with van der Waals surface area (Å²) in [5, 5.41) is 9.18. The van der Waals surface area contributed by atoms with Gasteiger partial charge >= 0.3 is 0 Å². The van der Waals surface area contributed by atoms with Gasteiger partial charge in [-0.25, -0.2) is 4.98 Å². The van der Waals surface area contributed by atoms with Gasteiger partial charge in [0.1, 0.15) is 0 Å². The zero-order valence-electron chi connectivity index (χ0n) is 15.1. The van der Waals surface area contributed by atoms with Gasteiger partial charge in [-0.3, -0.25) is 9.59 Å². The van der Waals surface area contributed by atoms with E-state index in [0.717, 1.165) is 18.4 Å². The maximum Gasteiger partial charge on any atom is 0.253 e. The Morgan fingerprint density at radius 2 is 2.04 bits per heavy atom. The van der Waals surface area contributed by atoms with Crippen molar-refractivity contribution in [2.75, 3.05) is 32.8 Å². The van der Waals surface area contributed by atoms with E-state index in [1.807, 2.05) is 12.1 Å². The van der Waals surface area contributed by atoms with E-state index in [1.54, 1.807) is 28.1 Å². The standard InChI is InChI=1S/C20H23N3O4/c24-11-10-22-8-1-6-20(19(22)26)7-9-23(13-20)18(25)16-4-2-15(3-5-16)17-12-21-14-27-17/h2-5,12,14,24H,1,6-11,13H2. The molecule has 2 aliphatic rings.